The number of hydrogen-bond donors (Lipinski definition) is 5. The highest BCUT2D eigenvalue weighted by atomic mass is 16.5. The smallest absolute Gasteiger partial charge is 0.303 e. The first-order chi connectivity index (χ1) is 17.2. The Labute approximate surface area is 224 Å². The van der Waals surface area contributed by atoms with Gasteiger partial charge in [-0.25, -0.2) is 0 Å². The lowest BCUT2D eigenvalue weighted by Gasteiger charge is -2.61. The fraction of sp³-hybridized carbons (Fsp3) is 0.968. The molecule has 9 atom stereocenters. The number of aliphatic hydroxyl groups is 4. The van der Waals surface area contributed by atoms with Crippen molar-refractivity contribution in [2.24, 2.45) is 52.3 Å². The molecule has 5 saturated carbocycles. The van der Waals surface area contributed by atoms with E-state index in [4.69, 9.17) is 5.11 Å². The second-order valence-corrected chi connectivity index (χ2v) is 14.5. The molecular weight excluding hydrogens is 468 g/mol. The van der Waals surface area contributed by atoms with Gasteiger partial charge in [0, 0.05) is 31.6 Å². The summed E-state index contributed by atoms with van der Waals surface area (Å²) in [5.41, 5.74) is 0.640. The van der Waals surface area contributed by atoms with E-state index in [1.807, 2.05) is 6.92 Å². The first kappa shape index (κ1) is 29.3. The molecule has 5 aliphatic carbocycles. The highest BCUT2D eigenvalue weighted by Gasteiger charge is 2.61. The van der Waals surface area contributed by atoms with Gasteiger partial charge in [0.1, 0.15) is 0 Å². The van der Waals surface area contributed by atoms with Gasteiger partial charge in [0.2, 0.25) is 0 Å². The van der Waals surface area contributed by atoms with Crippen LogP contribution in [0.15, 0.2) is 0 Å². The van der Waals surface area contributed by atoms with Crippen LogP contribution in [0.5, 0.6) is 0 Å². The Hall–Kier alpha value is -0.690. The van der Waals surface area contributed by atoms with Crippen molar-refractivity contribution in [3.05, 3.63) is 0 Å². The van der Waals surface area contributed by atoms with Crippen LogP contribution in [0, 0.1) is 52.3 Å². The number of carboxylic acids is 1. The van der Waals surface area contributed by atoms with Gasteiger partial charge in [0.05, 0.1) is 0 Å². The van der Waals surface area contributed by atoms with E-state index >= 15 is 0 Å². The molecule has 0 amide bonds. The van der Waals surface area contributed by atoms with Crippen LogP contribution in [0.1, 0.15) is 124 Å². The van der Waals surface area contributed by atoms with Crippen LogP contribution in [0.4, 0.5) is 0 Å². The Balaban J connectivity index is 0.000000301. The maximum Gasteiger partial charge on any atom is 0.303 e. The Morgan fingerprint density at radius 1 is 0.838 bits per heavy atom. The molecule has 0 saturated heterocycles. The third kappa shape index (κ3) is 5.78. The maximum absolute atomic E-state index is 11.0. The fourth-order valence-corrected chi connectivity index (χ4v) is 10.1. The molecular formula is C31H54O6. The second kappa shape index (κ2) is 10.7. The van der Waals surface area contributed by atoms with Crippen LogP contribution in [0.2, 0.25) is 0 Å². The lowest BCUT2D eigenvalue weighted by Crippen LogP contribution is -2.56. The number of carbonyl (C=O) groups is 1. The van der Waals surface area contributed by atoms with E-state index in [0.29, 0.717) is 48.9 Å². The van der Waals surface area contributed by atoms with E-state index in [9.17, 15) is 25.2 Å². The summed E-state index contributed by atoms with van der Waals surface area (Å²) in [5.74, 6) is 0.482. The minimum absolute atomic E-state index is 0.0613. The molecule has 0 aromatic rings. The number of aliphatic carboxylic acids is 1. The van der Waals surface area contributed by atoms with Crippen molar-refractivity contribution in [1.29, 1.82) is 0 Å². The molecule has 0 heterocycles. The summed E-state index contributed by atoms with van der Waals surface area (Å²) in [4.78, 5) is 11.0. The molecule has 37 heavy (non-hydrogen) atoms. The average molecular weight is 523 g/mol. The van der Waals surface area contributed by atoms with Gasteiger partial charge in [-0.3, -0.25) is 4.79 Å². The minimum atomic E-state index is -1.45. The zero-order chi connectivity index (χ0) is 27.2. The van der Waals surface area contributed by atoms with Crippen molar-refractivity contribution >= 4 is 5.97 Å². The molecule has 9 unspecified atom stereocenters. The molecule has 6 nitrogen and oxygen atoms in total. The van der Waals surface area contributed by atoms with Gasteiger partial charge in [-0.1, -0.05) is 34.1 Å². The first-order valence-electron chi connectivity index (χ1n) is 15.3. The zero-order valence-corrected chi connectivity index (χ0v) is 23.8. The summed E-state index contributed by atoms with van der Waals surface area (Å²) < 4.78 is 0. The number of hydrogen-bond acceptors (Lipinski definition) is 5. The van der Waals surface area contributed by atoms with Crippen LogP contribution in [0.25, 0.3) is 0 Å². The summed E-state index contributed by atoms with van der Waals surface area (Å²) in [7, 11) is 0. The van der Waals surface area contributed by atoms with Crippen molar-refractivity contribution < 1.29 is 30.3 Å². The third-order valence-corrected chi connectivity index (χ3v) is 12.5. The fourth-order valence-electron chi connectivity index (χ4n) is 10.1. The molecule has 214 valence electrons. The van der Waals surface area contributed by atoms with Crippen molar-refractivity contribution in [2.75, 3.05) is 0 Å². The van der Waals surface area contributed by atoms with E-state index in [2.05, 4.69) is 20.8 Å². The molecule has 0 aliphatic heterocycles. The van der Waals surface area contributed by atoms with Gasteiger partial charge in [-0.05, 0) is 111 Å². The molecule has 0 bridgehead atoms. The first-order valence-corrected chi connectivity index (χ1v) is 15.3. The van der Waals surface area contributed by atoms with Gasteiger partial charge < -0.3 is 25.5 Å². The Morgan fingerprint density at radius 3 is 2.16 bits per heavy atom. The lowest BCUT2D eigenvalue weighted by molar-refractivity contribution is -0.233. The highest BCUT2D eigenvalue weighted by Crippen LogP contribution is 2.68. The molecule has 5 N–H and O–H groups in total. The summed E-state index contributed by atoms with van der Waals surface area (Å²) in [6.07, 6.45) is 14.3. The minimum Gasteiger partial charge on any atom is -0.481 e. The van der Waals surface area contributed by atoms with E-state index < -0.39 is 17.5 Å². The Kier molecular flexibility index (Phi) is 8.48. The maximum atomic E-state index is 11.0. The number of carboxylic acid groups (broad SMARTS) is 1. The van der Waals surface area contributed by atoms with E-state index in [1.54, 1.807) is 0 Å². The van der Waals surface area contributed by atoms with Crippen LogP contribution < -0.4 is 0 Å². The largest absolute Gasteiger partial charge is 0.481 e. The van der Waals surface area contributed by atoms with Gasteiger partial charge in [-0.15, -0.1) is 0 Å². The molecule has 0 radical (unpaired) electrons. The monoisotopic (exact) mass is 522 g/mol. The summed E-state index contributed by atoms with van der Waals surface area (Å²) in [6, 6.07) is 0. The molecule has 0 aromatic heterocycles. The predicted molar refractivity (Wildman–Crippen MR) is 143 cm³/mol. The normalized spacial score (nSPS) is 44.9. The summed E-state index contributed by atoms with van der Waals surface area (Å²) in [6.45, 7) is 9.15. The molecule has 5 rings (SSSR count). The Bertz CT molecular complexity index is 810. The van der Waals surface area contributed by atoms with Crippen molar-refractivity contribution in [3.63, 3.8) is 0 Å². The molecule has 0 spiro atoms. The standard InChI is InChI=1S/C24H40O4.C7H14O2/c1-15(4-9-21(25)26)18-7-8-19-17-6-5-16-14-24(27,28)13-12-22(16,2)20(17)10-11-23(18,19)3;1-6-4-2-3-5-7(6,8)9/h15-20,27-28H,4-14H2,1-3H3,(H,25,26);6,8-9H,2-5H2,1H3. The van der Waals surface area contributed by atoms with Crippen LogP contribution >= 0.6 is 0 Å². The predicted octanol–water partition coefficient (Wildman–Crippen LogP) is 5.70. The van der Waals surface area contributed by atoms with Crippen molar-refractivity contribution in [2.45, 2.75) is 136 Å². The number of fused-ring (bicyclic) bond motifs is 5. The van der Waals surface area contributed by atoms with Crippen LogP contribution in [0.3, 0.4) is 0 Å². The van der Waals surface area contributed by atoms with Gasteiger partial charge >= 0.3 is 5.97 Å². The number of rotatable bonds is 4. The van der Waals surface area contributed by atoms with Gasteiger partial charge in [-0.2, -0.15) is 0 Å². The average Bonchev–Trinajstić information content (AvgIpc) is 3.17. The third-order valence-electron chi connectivity index (χ3n) is 12.5. The quantitative estimate of drug-likeness (QED) is 0.302. The zero-order valence-electron chi connectivity index (χ0n) is 23.8. The van der Waals surface area contributed by atoms with E-state index in [1.165, 1.54) is 32.1 Å². The highest BCUT2D eigenvalue weighted by molar-refractivity contribution is 5.66. The lowest BCUT2D eigenvalue weighted by atomic mass is 9.44. The molecule has 5 fully saturated rings. The topological polar surface area (TPSA) is 118 Å². The Morgan fingerprint density at radius 2 is 1.54 bits per heavy atom. The summed E-state index contributed by atoms with van der Waals surface area (Å²) in [5, 5.41) is 47.9. The molecule has 5 aliphatic rings. The molecule has 0 aromatic carbocycles. The van der Waals surface area contributed by atoms with Crippen molar-refractivity contribution in [1.82, 2.24) is 0 Å². The van der Waals surface area contributed by atoms with Gasteiger partial charge in [0.25, 0.3) is 0 Å². The second-order valence-electron chi connectivity index (χ2n) is 14.5. The van der Waals surface area contributed by atoms with Crippen LogP contribution in [-0.4, -0.2) is 43.1 Å². The van der Waals surface area contributed by atoms with Gasteiger partial charge in [0.15, 0.2) is 11.6 Å². The SMILES string of the molecule is CC(CCC(=O)O)C1CCC2C3CCC4CC(O)(O)CCC4(C)C3CCC12C.CC1CCCCC1(O)O. The summed E-state index contributed by atoms with van der Waals surface area (Å²) >= 11 is 0. The van der Waals surface area contributed by atoms with Crippen LogP contribution in [-0.2, 0) is 4.79 Å². The van der Waals surface area contributed by atoms with E-state index in [0.717, 1.165) is 56.3 Å². The van der Waals surface area contributed by atoms with E-state index in [-0.39, 0.29) is 11.3 Å². The molecule has 6 heteroatoms. The van der Waals surface area contributed by atoms with Crippen molar-refractivity contribution in [3.8, 4) is 0 Å².